The highest BCUT2D eigenvalue weighted by molar-refractivity contribution is 7.89. The van der Waals surface area contributed by atoms with Crippen LogP contribution in [0.25, 0.3) is 0 Å². The molecular formula is C20H26N2O5S. The lowest BCUT2D eigenvalue weighted by Gasteiger charge is -2.09. The SMILES string of the molecule is CCn1c(C)cc(C(=O)COC(=O)CNS(=O)(=O)c2ccc(C)c(C)c2)c1C. The van der Waals surface area contributed by atoms with Gasteiger partial charge in [0, 0.05) is 23.5 Å². The standard InChI is InChI=1S/C20H26N2O5S/c1-6-22-15(4)10-18(16(22)5)19(23)12-27-20(24)11-21-28(25,26)17-8-7-13(2)14(3)9-17/h7-10,21H,6,11-12H2,1-5H3. The molecule has 0 spiro atoms. The maximum Gasteiger partial charge on any atom is 0.321 e. The molecule has 1 aromatic carbocycles. The summed E-state index contributed by atoms with van der Waals surface area (Å²) in [5.74, 6) is -1.14. The summed E-state index contributed by atoms with van der Waals surface area (Å²) in [5, 5.41) is 0. The van der Waals surface area contributed by atoms with E-state index in [2.05, 4.69) is 4.72 Å². The van der Waals surface area contributed by atoms with Crippen LogP contribution in [0.5, 0.6) is 0 Å². The van der Waals surface area contributed by atoms with Gasteiger partial charge in [0.2, 0.25) is 15.8 Å². The highest BCUT2D eigenvalue weighted by atomic mass is 32.2. The second kappa shape index (κ2) is 8.70. The number of nitrogens with zero attached hydrogens (tertiary/aromatic N) is 1. The largest absolute Gasteiger partial charge is 0.456 e. The van der Waals surface area contributed by atoms with Gasteiger partial charge in [-0.1, -0.05) is 6.07 Å². The van der Waals surface area contributed by atoms with E-state index in [-0.39, 0.29) is 10.7 Å². The number of aromatic nitrogens is 1. The maximum absolute atomic E-state index is 12.3. The average Bonchev–Trinajstić information content (AvgIpc) is 2.93. The van der Waals surface area contributed by atoms with E-state index in [0.717, 1.165) is 29.1 Å². The zero-order chi connectivity index (χ0) is 21.1. The third-order valence-electron chi connectivity index (χ3n) is 4.75. The first-order valence-electron chi connectivity index (χ1n) is 8.99. The molecule has 152 valence electrons. The van der Waals surface area contributed by atoms with Gasteiger partial charge >= 0.3 is 5.97 Å². The van der Waals surface area contributed by atoms with Crippen LogP contribution in [0.3, 0.4) is 0 Å². The van der Waals surface area contributed by atoms with Crippen LogP contribution in [0.2, 0.25) is 0 Å². The number of rotatable bonds is 8. The maximum atomic E-state index is 12.3. The molecule has 0 aliphatic carbocycles. The molecule has 1 aromatic heterocycles. The Morgan fingerprint density at radius 3 is 2.32 bits per heavy atom. The molecule has 2 aromatic rings. The smallest absolute Gasteiger partial charge is 0.321 e. The number of Topliss-reactive ketones (excluding diaryl/α,β-unsaturated/α-hetero) is 1. The number of ether oxygens (including phenoxy) is 1. The number of hydrogen-bond acceptors (Lipinski definition) is 5. The summed E-state index contributed by atoms with van der Waals surface area (Å²) in [7, 11) is -3.84. The quantitative estimate of drug-likeness (QED) is 0.537. The molecule has 28 heavy (non-hydrogen) atoms. The fourth-order valence-electron chi connectivity index (χ4n) is 2.96. The van der Waals surface area contributed by atoms with Crippen LogP contribution in [0, 0.1) is 27.7 Å². The van der Waals surface area contributed by atoms with Crippen molar-refractivity contribution in [2.75, 3.05) is 13.2 Å². The lowest BCUT2D eigenvalue weighted by atomic mass is 10.1. The molecule has 2 rings (SSSR count). The van der Waals surface area contributed by atoms with Crippen molar-refractivity contribution in [2.24, 2.45) is 0 Å². The third-order valence-corrected chi connectivity index (χ3v) is 6.15. The van der Waals surface area contributed by atoms with E-state index in [1.807, 2.05) is 39.2 Å². The Balaban J connectivity index is 1.93. The minimum atomic E-state index is -3.84. The zero-order valence-electron chi connectivity index (χ0n) is 16.8. The van der Waals surface area contributed by atoms with Gasteiger partial charge in [-0.25, -0.2) is 8.42 Å². The van der Waals surface area contributed by atoms with E-state index >= 15 is 0 Å². The van der Waals surface area contributed by atoms with Crippen molar-refractivity contribution in [1.29, 1.82) is 0 Å². The van der Waals surface area contributed by atoms with Crippen molar-refractivity contribution >= 4 is 21.8 Å². The summed E-state index contributed by atoms with van der Waals surface area (Å²) < 4.78 is 33.7. The number of carbonyl (C=O) groups is 2. The average molecular weight is 407 g/mol. The van der Waals surface area contributed by atoms with Gasteiger partial charge in [0.1, 0.15) is 6.54 Å². The Kier molecular flexibility index (Phi) is 6.79. The van der Waals surface area contributed by atoms with Gasteiger partial charge in [-0.2, -0.15) is 4.72 Å². The van der Waals surface area contributed by atoms with Crippen LogP contribution in [-0.4, -0.2) is 37.9 Å². The van der Waals surface area contributed by atoms with Crippen LogP contribution in [0.15, 0.2) is 29.2 Å². The van der Waals surface area contributed by atoms with Gasteiger partial charge in [-0.3, -0.25) is 9.59 Å². The topological polar surface area (TPSA) is 94.5 Å². The number of esters is 1. The van der Waals surface area contributed by atoms with Gasteiger partial charge in [-0.05, 0) is 63.9 Å². The molecule has 0 saturated carbocycles. The summed E-state index contributed by atoms with van der Waals surface area (Å²) >= 11 is 0. The number of carbonyl (C=O) groups excluding carboxylic acids is 2. The van der Waals surface area contributed by atoms with Crippen LogP contribution in [0.4, 0.5) is 0 Å². The van der Waals surface area contributed by atoms with Gasteiger partial charge < -0.3 is 9.30 Å². The summed E-state index contributed by atoms with van der Waals surface area (Å²) in [6.07, 6.45) is 0. The molecule has 0 radical (unpaired) electrons. The summed E-state index contributed by atoms with van der Waals surface area (Å²) in [4.78, 5) is 24.3. The second-order valence-electron chi connectivity index (χ2n) is 6.68. The van der Waals surface area contributed by atoms with Crippen molar-refractivity contribution in [2.45, 2.75) is 46.1 Å². The molecule has 0 aliphatic heterocycles. The molecule has 8 heteroatoms. The first-order chi connectivity index (χ1) is 13.1. The normalized spacial score (nSPS) is 11.5. The Morgan fingerprint density at radius 2 is 1.75 bits per heavy atom. The lowest BCUT2D eigenvalue weighted by molar-refractivity contribution is -0.141. The highest BCUT2D eigenvalue weighted by Crippen LogP contribution is 2.16. The third kappa shape index (κ3) is 4.88. The van der Waals surface area contributed by atoms with E-state index in [1.54, 1.807) is 12.1 Å². The molecule has 0 amide bonds. The van der Waals surface area contributed by atoms with Crippen LogP contribution >= 0.6 is 0 Å². The van der Waals surface area contributed by atoms with Gasteiger partial charge in [-0.15, -0.1) is 0 Å². The van der Waals surface area contributed by atoms with Crippen LogP contribution < -0.4 is 4.72 Å². The Bertz CT molecular complexity index is 1010. The van der Waals surface area contributed by atoms with E-state index in [0.29, 0.717) is 5.56 Å². The van der Waals surface area contributed by atoms with Gasteiger partial charge in [0.15, 0.2) is 6.61 Å². The van der Waals surface area contributed by atoms with E-state index < -0.39 is 29.1 Å². The minimum Gasteiger partial charge on any atom is -0.456 e. The molecule has 0 unspecified atom stereocenters. The second-order valence-corrected chi connectivity index (χ2v) is 8.45. The molecule has 7 nitrogen and oxygen atoms in total. The predicted octanol–water partition coefficient (Wildman–Crippen LogP) is 2.45. The molecule has 0 fully saturated rings. The van der Waals surface area contributed by atoms with Gasteiger partial charge in [0.05, 0.1) is 4.90 Å². The molecule has 0 bridgehead atoms. The van der Waals surface area contributed by atoms with Crippen molar-refractivity contribution in [3.05, 3.63) is 52.3 Å². The van der Waals surface area contributed by atoms with E-state index in [9.17, 15) is 18.0 Å². The number of aryl methyl sites for hydroxylation is 3. The molecule has 1 heterocycles. The monoisotopic (exact) mass is 406 g/mol. The van der Waals surface area contributed by atoms with Gasteiger partial charge in [0.25, 0.3) is 0 Å². The number of nitrogens with one attached hydrogen (secondary N) is 1. The lowest BCUT2D eigenvalue weighted by Crippen LogP contribution is -2.31. The molecule has 0 aliphatic rings. The first-order valence-corrected chi connectivity index (χ1v) is 10.5. The Morgan fingerprint density at radius 1 is 1.07 bits per heavy atom. The number of ketones is 1. The molecule has 1 N–H and O–H groups in total. The van der Waals surface area contributed by atoms with Crippen LogP contribution in [0.1, 0.15) is 39.8 Å². The number of benzene rings is 1. The number of sulfonamides is 1. The van der Waals surface area contributed by atoms with Crippen molar-refractivity contribution in [3.63, 3.8) is 0 Å². The number of hydrogen-bond donors (Lipinski definition) is 1. The Hall–Kier alpha value is -2.45. The van der Waals surface area contributed by atoms with E-state index in [1.165, 1.54) is 12.1 Å². The highest BCUT2D eigenvalue weighted by Gasteiger charge is 2.19. The van der Waals surface area contributed by atoms with E-state index in [4.69, 9.17) is 4.74 Å². The Labute approximate surface area is 165 Å². The minimum absolute atomic E-state index is 0.0754. The predicted molar refractivity (Wildman–Crippen MR) is 106 cm³/mol. The van der Waals surface area contributed by atoms with Crippen molar-refractivity contribution in [3.8, 4) is 0 Å². The fraction of sp³-hybridized carbons (Fsp3) is 0.400. The summed E-state index contributed by atoms with van der Waals surface area (Å²) in [5.41, 5.74) is 4.08. The fourth-order valence-corrected chi connectivity index (χ4v) is 4.02. The van der Waals surface area contributed by atoms with Crippen LogP contribution in [-0.2, 0) is 26.1 Å². The summed E-state index contributed by atoms with van der Waals surface area (Å²) in [6, 6.07) is 6.48. The van der Waals surface area contributed by atoms with Crippen molar-refractivity contribution in [1.82, 2.24) is 9.29 Å². The molecule has 0 atom stereocenters. The zero-order valence-corrected chi connectivity index (χ0v) is 17.6. The molecule has 0 saturated heterocycles. The first kappa shape index (κ1) is 21.8. The molecular weight excluding hydrogens is 380 g/mol. The summed E-state index contributed by atoms with van der Waals surface area (Å²) in [6.45, 7) is 9.18. The van der Waals surface area contributed by atoms with Crippen molar-refractivity contribution < 1.29 is 22.7 Å².